The molecule has 19 heavy (non-hydrogen) atoms. The Morgan fingerprint density at radius 1 is 1.21 bits per heavy atom. The Labute approximate surface area is 121 Å². The summed E-state index contributed by atoms with van der Waals surface area (Å²) in [6.07, 6.45) is 0. The zero-order valence-electron chi connectivity index (χ0n) is 10.5. The van der Waals surface area contributed by atoms with Crippen molar-refractivity contribution in [1.29, 1.82) is 0 Å². The first-order valence-electron chi connectivity index (χ1n) is 5.20. The fourth-order valence-corrected chi connectivity index (χ4v) is 2.57. The molecule has 0 radical (unpaired) electrons. The molecule has 106 valence electrons. The van der Waals surface area contributed by atoms with Gasteiger partial charge in [0.15, 0.2) is 0 Å². The quantitative estimate of drug-likeness (QED) is 0.893. The molecule has 2 N–H and O–H groups in total. The van der Waals surface area contributed by atoms with Crippen molar-refractivity contribution in [3.63, 3.8) is 0 Å². The topological polar surface area (TPSA) is 83.5 Å². The van der Waals surface area contributed by atoms with Gasteiger partial charge in [0, 0.05) is 0 Å². The smallest absolute Gasteiger partial charge is 0.335 e. The minimum atomic E-state index is -3.70. The summed E-state index contributed by atoms with van der Waals surface area (Å²) in [7, 11) is -3.70. The van der Waals surface area contributed by atoms with Crippen LogP contribution in [0.1, 0.15) is 31.1 Å². The van der Waals surface area contributed by atoms with E-state index >= 15 is 0 Å². The van der Waals surface area contributed by atoms with Gasteiger partial charge < -0.3 is 5.11 Å². The Bertz CT molecular complexity index is 597. The molecule has 0 aliphatic rings. The SMILES string of the molecule is CC(C)(C)S(=O)(=O)Nc1c(Cl)cc(C(=O)O)cc1Cl. The lowest BCUT2D eigenvalue weighted by atomic mass is 10.2. The molecule has 0 aliphatic heterocycles. The summed E-state index contributed by atoms with van der Waals surface area (Å²) in [6.45, 7) is 4.55. The number of carboxylic acid groups (broad SMARTS) is 1. The van der Waals surface area contributed by atoms with Crippen LogP contribution < -0.4 is 4.72 Å². The average molecular weight is 326 g/mol. The number of nitrogens with one attached hydrogen (secondary N) is 1. The van der Waals surface area contributed by atoms with Crippen LogP contribution in [0.15, 0.2) is 12.1 Å². The summed E-state index contributed by atoms with van der Waals surface area (Å²) >= 11 is 11.7. The number of halogens is 2. The molecule has 0 saturated heterocycles. The lowest BCUT2D eigenvalue weighted by molar-refractivity contribution is 0.0697. The Kier molecular flexibility index (Phi) is 4.39. The Balaban J connectivity index is 3.29. The Morgan fingerprint density at radius 2 is 1.63 bits per heavy atom. The molecule has 0 atom stereocenters. The second-order valence-corrected chi connectivity index (χ2v) is 8.09. The highest BCUT2D eigenvalue weighted by molar-refractivity contribution is 7.94. The number of hydrogen-bond donors (Lipinski definition) is 2. The van der Waals surface area contributed by atoms with E-state index in [0.29, 0.717) is 0 Å². The van der Waals surface area contributed by atoms with Crippen LogP contribution in [0.3, 0.4) is 0 Å². The van der Waals surface area contributed by atoms with Gasteiger partial charge in [0.1, 0.15) is 0 Å². The van der Waals surface area contributed by atoms with Crippen molar-refractivity contribution in [2.75, 3.05) is 4.72 Å². The van der Waals surface area contributed by atoms with Crippen molar-refractivity contribution in [1.82, 2.24) is 0 Å². The molecule has 0 heterocycles. The van der Waals surface area contributed by atoms with E-state index in [1.807, 2.05) is 0 Å². The molecule has 0 aromatic heterocycles. The summed E-state index contributed by atoms with van der Waals surface area (Å²) in [5, 5.41) is 8.69. The standard InChI is InChI=1S/C11H13Cl2NO4S/c1-11(2,3)19(17,18)14-9-7(12)4-6(10(15)16)5-8(9)13/h4-5,14H,1-3H3,(H,15,16). The van der Waals surface area contributed by atoms with Gasteiger partial charge in [-0.25, -0.2) is 13.2 Å². The van der Waals surface area contributed by atoms with Gasteiger partial charge in [0.25, 0.3) is 0 Å². The predicted octanol–water partition coefficient (Wildman–Crippen LogP) is 3.23. The summed E-state index contributed by atoms with van der Waals surface area (Å²) in [6, 6.07) is 2.27. The van der Waals surface area contributed by atoms with Crippen molar-refractivity contribution in [2.45, 2.75) is 25.5 Å². The number of carboxylic acids is 1. The van der Waals surface area contributed by atoms with E-state index < -0.39 is 20.7 Å². The van der Waals surface area contributed by atoms with E-state index in [-0.39, 0.29) is 21.3 Å². The highest BCUT2D eigenvalue weighted by Gasteiger charge is 2.30. The van der Waals surface area contributed by atoms with Gasteiger partial charge in [-0.05, 0) is 32.9 Å². The first kappa shape index (κ1) is 16.1. The molecular weight excluding hydrogens is 313 g/mol. The van der Waals surface area contributed by atoms with Crippen molar-refractivity contribution < 1.29 is 18.3 Å². The maximum Gasteiger partial charge on any atom is 0.335 e. The lowest BCUT2D eigenvalue weighted by Crippen LogP contribution is -2.33. The second-order valence-electron chi connectivity index (χ2n) is 4.84. The Morgan fingerprint density at radius 3 is 1.95 bits per heavy atom. The molecule has 0 saturated carbocycles. The van der Waals surface area contributed by atoms with E-state index in [1.165, 1.54) is 20.8 Å². The van der Waals surface area contributed by atoms with E-state index in [9.17, 15) is 13.2 Å². The maximum atomic E-state index is 12.0. The van der Waals surface area contributed by atoms with E-state index in [0.717, 1.165) is 12.1 Å². The molecule has 0 spiro atoms. The number of rotatable bonds is 3. The minimum absolute atomic E-state index is 0.0248. The molecule has 0 bridgehead atoms. The van der Waals surface area contributed by atoms with E-state index in [2.05, 4.69) is 4.72 Å². The molecule has 5 nitrogen and oxygen atoms in total. The minimum Gasteiger partial charge on any atom is -0.478 e. The zero-order chi connectivity index (χ0) is 15.0. The van der Waals surface area contributed by atoms with Crippen LogP contribution >= 0.6 is 23.2 Å². The highest BCUT2D eigenvalue weighted by Crippen LogP contribution is 2.34. The van der Waals surface area contributed by atoms with Gasteiger partial charge in [0.2, 0.25) is 10.0 Å². The van der Waals surface area contributed by atoms with Crippen LogP contribution in [-0.4, -0.2) is 24.2 Å². The summed E-state index contributed by atoms with van der Waals surface area (Å²) in [5.74, 6) is -1.20. The van der Waals surface area contributed by atoms with Gasteiger partial charge >= 0.3 is 5.97 Å². The first-order chi connectivity index (χ1) is 8.45. The first-order valence-corrected chi connectivity index (χ1v) is 7.44. The van der Waals surface area contributed by atoms with Crippen molar-refractivity contribution in [3.8, 4) is 0 Å². The van der Waals surface area contributed by atoms with Crippen LogP contribution in [0, 0.1) is 0 Å². The molecule has 8 heteroatoms. The third-order valence-corrected chi connectivity index (χ3v) is 5.01. The van der Waals surface area contributed by atoms with Crippen molar-refractivity contribution in [2.24, 2.45) is 0 Å². The second kappa shape index (κ2) is 5.19. The molecule has 0 unspecified atom stereocenters. The molecule has 0 aliphatic carbocycles. The molecule has 1 aromatic carbocycles. The van der Waals surface area contributed by atoms with E-state index in [1.54, 1.807) is 0 Å². The van der Waals surface area contributed by atoms with Crippen LogP contribution in [0.2, 0.25) is 10.0 Å². The number of benzene rings is 1. The van der Waals surface area contributed by atoms with Gasteiger partial charge in [0.05, 0.1) is 26.0 Å². The van der Waals surface area contributed by atoms with Gasteiger partial charge in [-0.15, -0.1) is 0 Å². The number of carbonyl (C=O) groups is 1. The molecule has 1 aromatic rings. The number of aromatic carboxylic acids is 1. The maximum absolute atomic E-state index is 12.0. The summed E-state index contributed by atoms with van der Waals surface area (Å²) in [4.78, 5) is 10.8. The largest absolute Gasteiger partial charge is 0.478 e. The van der Waals surface area contributed by atoms with Crippen LogP contribution in [-0.2, 0) is 10.0 Å². The van der Waals surface area contributed by atoms with Crippen molar-refractivity contribution in [3.05, 3.63) is 27.7 Å². The number of hydrogen-bond acceptors (Lipinski definition) is 3. The van der Waals surface area contributed by atoms with Gasteiger partial charge in [-0.2, -0.15) is 0 Å². The number of anilines is 1. The van der Waals surface area contributed by atoms with Gasteiger partial charge in [-0.1, -0.05) is 23.2 Å². The number of sulfonamides is 1. The fraction of sp³-hybridized carbons (Fsp3) is 0.364. The third-order valence-electron chi connectivity index (χ3n) is 2.33. The van der Waals surface area contributed by atoms with Crippen LogP contribution in [0.5, 0.6) is 0 Å². The molecule has 1 rings (SSSR count). The van der Waals surface area contributed by atoms with Crippen LogP contribution in [0.4, 0.5) is 5.69 Å². The third kappa shape index (κ3) is 3.52. The molecular formula is C11H13Cl2NO4S. The monoisotopic (exact) mass is 325 g/mol. The predicted molar refractivity (Wildman–Crippen MR) is 75.7 cm³/mol. The Hall–Kier alpha value is -0.980. The van der Waals surface area contributed by atoms with Crippen molar-refractivity contribution >= 4 is 44.9 Å². The zero-order valence-corrected chi connectivity index (χ0v) is 12.8. The average Bonchev–Trinajstić information content (AvgIpc) is 2.21. The summed E-state index contributed by atoms with van der Waals surface area (Å²) < 4.78 is 25.2. The van der Waals surface area contributed by atoms with E-state index in [4.69, 9.17) is 28.3 Å². The van der Waals surface area contributed by atoms with Gasteiger partial charge in [-0.3, -0.25) is 4.72 Å². The molecule has 0 fully saturated rings. The lowest BCUT2D eigenvalue weighted by Gasteiger charge is -2.21. The fourth-order valence-electron chi connectivity index (χ4n) is 1.08. The highest BCUT2D eigenvalue weighted by atomic mass is 35.5. The van der Waals surface area contributed by atoms with Crippen LogP contribution in [0.25, 0.3) is 0 Å². The summed E-state index contributed by atoms with van der Waals surface area (Å²) in [5.41, 5.74) is -0.142. The molecule has 0 amide bonds. The normalized spacial score (nSPS) is 12.3.